The first kappa shape index (κ1) is 24.1. The van der Waals surface area contributed by atoms with Crippen LogP contribution in [-0.4, -0.2) is 39.4 Å². The molecule has 1 aromatic heterocycles. The van der Waals surface area contributed by atoms with Crippen LogP contribution in [0.25, 0.3) is 0 Å². The van der Waals surface area contributed by atoms with Gasteiger partial charge in [-0.05, 0) is 51.8 Å². The first-order valence-electron chi connectivity index (χ1n) is 9.51. The molecule has 0 aliphatic heterocycles. The predicted octanol–water partition coefficient (Wildman–Crippen LogP) is 3.83. The molecule has 1 heterocycles. The number of ether oxygens (including phenoxy) is 1. The molecule has 32 heavy (non-hydrogen) atoms. The Labute approximate surface area is 203 Å². The largest absolute Gasteiger partial charge is 0.497 e. The highest BCUT2D eigenvalue weighted by Gasteiger charge is 2.13. The molecule has 11 heteroatoms. The van der Waals surface area contributed by atoms with Gasteiger partial charge in [-0.1, -0.05) is 35.5 Å². The molecule has 0 aliphatic carbocycles. The van der Waals surface area contributed by atoms with E-state index in [0.717, 1.165) is 11.3 Å². The number of hydrogen-bond acceptors (Lipinski definition) is 6. The number of methoxy groups -OCH3 is 1. The Kier molecular flexibility index (Phi) is 8.54. The molecule has 0 atom stereocenters. The van der Waals surface area contributed by atoms with Gasteiger partial charge in [0.2, 0.25) is 11.8 Å². The quantitative estimate of drug-likeness (QED) is 0.402. The number of hydrogen-bond donors (Lipinski definition) is 2. The standard InChI is InChI=1S/C21H21BrClN5O3S/c1-28-18(11-24-19(29)9-13-3-6-15(31-2)7-4-13)26-27-21(28)32-12-20(30)25-14-5-8-17(23)16(22)10-14/h3-8,10H,9,11-12H2,1-2H3,(H,24,29)(H,25,30). The average Bonchev–Trinajstić information content (AvgIpc) is 3.13. The minimum atomic E-state index is -0.179. The minimum absolute atomic E-state index is 0.124. The molecule has 8 nitrogen and oxygen atoms in total. The van der Waals surface area contributed by atoms with Crippen LogP contribution in [0.15, 0.2) is 52.1 Å². The summed E-state index contributed by atoms with van der Waals surface area (Å²) in [6.07, 6.45) is 0.254. The minimum Gasteiger partial charge on any atom is -0.497 e. The van der Waals surface area contributed by atoms with Gasteiger partial charge in [0.1, 0.15) is 5.75 Å². The van der Waals surface area contributed by atoms with Gasteiger partial charge in [-0.2, -0.15) is 0 Å². The Morgan fingerprint density at radius 2 is 1.91 bits per heavy atom. The fraction of sp³-hybridized carbons (Fsp3) is 0.238. The molecule has 0 saturated heterocycles. The van der Waals surface area contributed by atoms with Crippen LogP contribution in [0.1, 0.15) is 11.4 Å². The number of thioether (sulfide) groups is 1. The zero-order chi connectivity index (χ0) is 23.1. The SMILES string of the molecule is COc1ccc(CC(=O)NCc2nnc(SCC(=O)Nc3ccc(Cl)c(Br)c3)n2C)cc1. The number of nitrogens with zero attached hydrogens (tertiary/aromatic N) is 3. The van der Waals surface area contributed by atoms with Crippen LogP contribution >= 0.6 is 39.3 Å². The molecular formula is C21H21BrClN5O3S. The smallest absolute Gasteiger partial charge is 0.234 e. The van der Waals surface area contributed by atoms with Crippen LogP contribution in [0.3, 0.4) is 0 Å². The van der Waals surface area contributed by atoms with Crippen LogP contribution in [0.2, 0.25) is 5.02 Å². The Morgan fingerprint density at radius 1 is 1.16 bits per heavy atom. The van der Waals surface area contributed by atoms with Gasteiger partial charge < -0.3 is 19.9 Å². The molecule has 0 aliphatic rings. The molecule has 0 fully saturated rings. The predicted molar refractivity (Wildman–Crippen MR) is 128 cm³/mol. The second kappa shape index (κ2) is 11.3. The van der Waals surface area contributed by atoms with Gasteiger partial charge in [0.05, 0.1) is 30.9 Å². The van der Waals surface area contributed by atoms with Crippen molar-refractivity contribution in [1.82, 2.24) is 20.1 Å². The lowest BCUT2D eigenvalue weighted by Crippen LogP contribution is -2.26. The van der Waals surface area contributed by atoms with Gasteiger partial charge in [-0.3, -0.25) is 9.59 Å². The Morgan fingerprint density at radius 3 is 2.59 bits per heavy atom. The molecule has 2 N–H and O–H groups in total. The molecule has 3 aromatic rings. The Balaban J connectivity index is 1.47. The molecule has 0 bridgehead atoms. The summed E-state index contributed by atoms with van der Waals surface area (Å²) >= 11 is 10.5. The monoisotopic (exact) mass is 537 g/mol. The number of carbonyl (C=O) groups is 2. The third kappa shape index (κ3) is 6.72. The van der Waals surface area contributed by atoms with Crippen LogP contribution in [0.4, 0.5) is 5.69 Å². The van der Waals surface area contributed by atoms with Crippen LogP contribution < -0.4 is 15.4 Å². The van der Waals surface area contributed by atoms with E-state index in [1.54, 1.807) is 36.9 Å². The van der Waals surface area contributed by atoms with E-state index in [-0.39, 0.29) is 30.5 Å². The summed E-state index contributed by atoms with van der Waals surface area (Å²) in [6.45, 7) is 0.240. The summed E-state index contributed by atoms with van der Waals surface area (Å²) in [7, 11) is 3.39. The second-order valence-corrected chi connectivity index (χ2v) is 8.93. The summed E-state index contributed by atoms with van der Waals surface area (Å²) in [6, 6.07) is 12.5. The van der Waals surface area contributed by atoms with Gasteiger partial charge in [0.15, 0.2) is 11.0 Å². The van der Waals surface area contributed by atoms with Crippen LogP contribution in [0.5, 0.6) is 5.75 Å². The van der Waals surface area contributed by atoms with E-state index >= 15 is 0 Å². The number of halogens is 2. The van der Waals surface area contributed by atoms with E-state index in [4.69, 9.17) is 16.3 Å². The summed E-state index contributed by atoms with van der Waals surface area (Å²) < 4.78 is 7.58. The van der Waals surface area contributed by atoms with Gasteiger partial charge in [-0.15, -0.1) is 10.2 Å². The normalized spacial score (nSPS) is 10.6. The van der Waals surface area contributed by atoms with Crippen molar-refractivity contribution in [2.24, 2.45) is 7.05 Å². The number of amides is 2. The van der Waals surface area contributed by atoms with Crippen molar-refractivity contribution in [3.8, 4) is 5.75 Å². The molecule has 0 saturated carbocycles. The van der Waals surface area contributed by atoms with E-state index < -0.39 is 0 Å². The first-order chi connectivity index (χ1) is 15.4. The number of nitrogens with one attached hydrogen (secondary N) is 2. The van der Waals surface area contributed by atoms with Crippen molar-refractivity contribution in [3.63, 3.8) is 0 Å². The van der Waals surface area contributed by atoms with Gasteiger partial charge in [0.25, 0.3) is 0 Å². The highest BCUT2D eigenvalue weighted by atomic mass is 79.9. The highest BCUT2D eigenvalue weighted by Crippen LogP contribution is 2.26. The lowest BCUT2D eigenvalue weighted by molar-refractivity contribution is -0.120. The van der Waals surface area contributed by atoms with E-state index in [1.807, 2.05) is 24.3 Å². The van der Waals surface area contributed by atoms with E-state index in [1.165, 1.54) is 11.8 Å². The van der Waals surface area contributed by atoms with Crippen molar-refractivity contribution in [2.75, 3.05) is 18.2 Å². The molecule has 2 aromatic carbocycles. The fourth-order valence-corrected chi connectivity index (χ4v) is 3.92. The number of benzene rings is 2. The van der Waals surface area contributed by atoms with Crippen LogP contribution in [-0.2, 0) is 29.6 Å². The lowest BCUT2D eigenvalue weighted by atomic mass is 10.1. The zero-order valence-electron chi connectivity index (χ0n) is 17.4. The Hall–Kier alpha value is -2.56. The number of aromatic nitrogens is 3. The summed E-state index contributed by atoms with van der Waals surface area (Å²) in [5.74, 6) is 1.20. The molecule has 3 rings (SSSR count). The third-order valence-electron chi connectivity index (χ3n) is 4.43. The average molecular weight is 539 g/mol. The summed E-state index contributed by atoms with van der Waals surface area (Å²) in [5.41, 5.74) is 1.53. The van der Waals surface area contributed by atoms with Crippen LogP contribution in [0, 0.1) is 0 Å². The van der Waals surface area contributed by atoms with E-state index in [0.29, 0.717) is 26.2 Å². The Bertz CT molecular complexity index is 1110. The first-order valence-corrected chi connectivity index (χ1v) is 11.7. The van der Waals surface area contributed by atoms with Crippen molar-refractivity contribution in [3.05, 3.63) is 63.3 Å². The molecule has 2 amide bonds. The zero-order valence-corrected chi connectivity index (χ0v) is 20.6. The van der Waals surface area contributed by atoms with Gasteiger partial charge in [-0.25, -0.2) is 0 Å². The second-order valence-electron chi connectivity index (χ2n) is 6.73. The molecule has 0 unspecified atom stereocenters. The van der Waals surface area contributed by atoms with Crippen molar-refractivity contribution < 1.29 is 14.3 Å². The van der Waals surface area contributed by atoms with Crippen molar-refractivity contribution in [1.29, 1.82) is 0 Å². The van der Waals surface area contributed by atoms with E-state index in [9.17, 15) is 9.59 Å². The fourth-order valence-electron chi connectivity index (χ4n) is 2.69. The maximum atomic E-state index is 12.2. The lowest BCUT2D eigenvalue weighted by Gasteiger charge is -2.08. The highest BCUT2D eigenvalue weighted by molar-refractivity contribution is 9.10. The molecule has 0 radical (unpaired) electrons. The summed E-state index contributed by atoms with van der Waals surface area (Å²) in [4.78, 5) is 24.4. The number of anilines is 1. The molecule has 168 valence electrons. The van der Waals surface area contributed by atoms with E-state index in [2.05, 4.69) is 36.8 Å². The summed E-state index contributed by atoms with van der Waals surface area (Å²) in [5, 5.41) is 15.0. The maximum absolute atomic E-state index is 12.2. The third-order valence-corrected chi connectivity index (χ3v) is 6.66. The van der Waals surface area contributed by atoms with Gasteiger partial charge in [0, 0.05) is 17.2 Å². The molecular weight excluding hydrogens is 518 g/mol. The topological polar surface area (TPSA) is 98.1 Å². The number of carbonyl (C=O) groups excluding carboxylic acids is 2. The van der Waals surface area contributed by atoms with Gasteiger partial charge >= 0.3 is 0 Å². The molecule has 0 spiro atoms. The number of rotatable bonds is 9. The maximum Gasteiger partial charge on any atom is 0.234 e. The van der Waals surface area contributed by atoms with Crippen molar-refractivity contribution in [2.45, 2.75) is 18.1 Å². The van der Waals surface area contributed by atoms with Crippen molar-refractivity contribution >= 4 is 56.8 Å².